The molecule has 0 spiro atoms. The van der Waals surface area contributed by atoms with Crippen molar-refractivity contribution in [1.82, 2.24) is 0 Å². The molecule has 0 atom stereocenters. The molecule has 1 heterocycles. The number of rotatable bonds is 6. The second-order valence-electron chi connectivity index (χ2n) is 4.11. The maximum absolute atomic E-state index is 11.6. The van der Waals surface area contributed by atoms with Gasteiger partial charge in [0.15, 0.2) is 11.7 Å². The Labute approximate surface area is 112 Å². The van der Waals surface area contributed by atoms with Gasteiger partial charge in [0.2, 0.25) is 0 Å². The van der Waals surface area contributed by atoms with Gasteiger partial charge in [0.05, 0.1) is 27.4 Å². The zero-order valence-electron chi connectivity index (χ0n) is 11.1. The SMILES string of the molecule is C#CCCC1(CC(C(=O)OC)C(=O)OC)OCCO1. The van der Waals surface area contributed by atoms with E-state index in [1.807, 2.05) is 0 Å². The van der Waals surface area contributed by atoms with Crippen LogP contribution in [0.1, 0.15) is 19.3 Å². The van der Waals surface area contributed by atoms with Gasteiger partial charge in [-0.2, -0.15) is 0 Å². The van der Waals surface area contributed by atoms with E-state index in [9.17, 15) is 9.59 Å². The van der Waals surface area contributed by atoms with E-state index in [4.69, 9.17) is 15.9 Å². The largest absolute Gasteiger partial charge is 0.468 e. The molecule has 19 heavy (non-hydrogen) atoms. The van der Waals surface area contributed by atoms with Gasteiger partial charge < -0.3 is 18.9 Å². The first-order chi connectivity index (χ1) is 9.08. The number of ether oxygens (including phenoxy) is 4. The van der Waals surface area contributed by atoms with Crippen LogP contribution in [0.25, 0.3) is 0 Å². The van der Waals surface area contributed by atoms with Crippen molar-refractivity contribution in [3.05, 3.63) is 0 Å². The van der Waals surface area contributed by atoms with Gasteiger partial charge in [0, 0.05) is 19.3 Å². The first-order valence-corrected chi connectivity index (χ1v) is 5.95. The van der Waals surface area contributed by atoms with E-state index < -0.39 is 23.6 Å². The lowest BCUT2D eigenvalue weighted by Crippen LogP contribution is -2.39. The Morgan fingerprint density at radius 3 is 2.21 bits per heavy atom. The predicted octanol–water partition coefficient (Wildman–Crippen LogP) is 0.495. The maximum Gasteiger partial charge on any atom is 0.320 e. The van der Waals surface area contributed by atoms with Crippen molar-refractivity contribution in [3.8, 4) is 12.3 Å². The van der Waals surface area contributed by atoms with Gasteiger partial charge in [0.1, 0.15) is 0 Å². The number of carbonyl (C=O) groups excluding carboxylic acids is 2. The highest BCUT2D eigenvalue weighted by Crippen LogP contribution is 2.32. The van der Waals surface area contributed by atoms with E-state index >= 15 is 0 Å². The van der Waals surface area contributed by atoms with E-state index in [1.165, 1.54) is 14.2 Å². The summed E-state index contributed by atoms with van der Waals surface area (Å²) < 4.78 is 20.3. The molecule has 0 aromatic rings. The molecule has 0 saturated carbocycles. The molecule has 6 nitrogen and oxygen atoms in total. The van der Waals surface area contributed by atoms with Crippen molar-refractivity contribution in [2.75, 3.05) is 27.4 Å². The second kappa shape index (κ2) is 7.12. The highest BCUT2D eigenvalue weighted by atomic mass is 16.7. The molecule has 0 amide bonds. The van der Waals surface area contributed by atoms with E-state index in [2.05, 4.69) is 15.4 Å². The van der Waals surface area contributed by atoms with Crippen LogP contribution in [0.3, 0.4) is 0 Å². The van der Waals surface area contributed by atoms with Crippen LogP contribution in [0, 0.1) is 18.3 Å². The van der Waals surface area contributed by atoms with Gasteiger partial charge in [-0.05, 0) is 0 Å². The summed E-state index contributed by atoms with van der Waals surface area (Å²) in [7, 11) is 2.42. The molecule has 0 N–H and O–H groups in total. The Morgan fingerprint density at radius 1 is 1.26 bits per heavy atom. The lowest BCUT2D eigenvalue weighted by molar-refractivity contribution is -0.189. The standard InChI is InChI=1S/C13H18O6/c1-4-5-6-13(18-7-8-19-13)9-10(11(14)16-2)12(15)17-3/h1,10H,5-9H2,2-3H3. The molecule has 0 radical (unpaired) electrons. The van der Waals surface area contributed by atoms with Crippen LogP contribution in [0.4, 0.5) is 0 Å². The molecule has 1 aliphatic rings. The zero-order valence-corrected chi connectivity index (χ0v) is 11.1. The van der Waals surface area contributed by atoms with Gasteiger partial charge in [-0.1, -0.05) is 0 Å². The Balaban J connectivity index is 2.82. The molecular weight excluding hydrogens is 252 g/mol. The van der Waals surface area contributed by atoms with Crippen LogP contribution in [-0.2, 0) is 28.5 Å². The molecule has 106 valence electrons. The molecule has 1 aliphatic heterocycles. The lowest BCUT2D eigenvalue weighted by atomic mass is 9.95. The molecule has 0 bridgehead atoms. The third-order valence-corrected chi connectivity index (χ3v) is 2.95. The van der Waals surface area contributed by atoms with Gasteiger partial charge in [-0.15, -0.1) is 12.3 Å². The van der Waals surface area contributed by atoms with Crippen LogP contribution in [0.15, 0.2) is 0 Å². The summed E-state index contributed by atoms with van der Waals surface area (Å²) in [6.07, 6.45) is 6.10. The number of hydrogen-bond acceptors (Lipinski definition) is 6. The monoisotopic (exact) mass is 270 g/mol. The lowest BCUT2D eigenvalue weighted by Gasteiger charge is -2.29. The van der Waals surface area contributed by atoms with E-state index in [-0.39, 0.29) is 6.42 Å². The molecule has 0 aliphatic carbocycles. The van der Waals surface area contributed by atoms with Crippen LogP contribution in [-0.4, -0.2) is 45.2 Å². The number of hydrogen-bond donors (Lipinski definition) is 0. The van der Waals surface area contributed by atoms with Crippen molar-refractivity contribution >= 4 is 11.9 Å². The summed E-state index contributed by atoms with van der Waals surface area (Å²) in [5, 5.41) is 0. The number of methoxy groups -OCH3 is 2. The first-order valence-electron chi connectivity index (χ1n) is 5.95. The Morgan fingerprint density at radius 2 is 1.79 bits per heavy atom. The normalized spacial score (nSPS) is 16.9. The average molecular weight is 270 g/mol. The average Bonchev–Trinajstić information content (AvgIpc) is 2.90. The number of terminal acetylenes is 1. The number of esters is 2. The Kier molecular flexibility index (Phi) is 5.80. The minimum Gasteiger partial charge on any atom is -0.468 e. The van der Waals surface area contributed by atoms with E-state index in [1.54, 1.807) is 0 Å². The first kappa shape index (κ1) is 15.5. The van der Waals surface area contributed by atoms with Crippen molar-refractivity contribution in [2.24, 2.45) is 5.92 Å². The molecular formula is C13H18O6. The third kappa shape index (κ3) is 3.94. The zero-order chi connectivity index (χ0) is 14.3. The smallest absolute Gasteiger partial charge is 0.320 e. The topological polar surface area (TPSA) is 71.1 Å². The quantitative estimate of drug-likeness (QED) is 0.397. The fourth-order valence-electron chi connectivity index (χ4n) is 1.98. The highest BCUT2D eigenvalue weighted by molar-refractivity contribution is 5.94. The summed E-state index contributed by atoms with van der Waals surface area (Å²) in [5.41, 5.74) is 0. The molecule has 0 aromatic heterocycles. The van der Waals surface area contributed by atoms with Gasteiger partial charge in [0.25, 0.3) is 0 Å². The third-order valence-electron chi connectivity index (χ3n) is 2.95. The van der Waals surface area contributed by atoms with E-state index in [0.717, 1.165) is 0 Å². The fourth-order valence-corrected chi connectivity index (χ4v) is 1.98. The molecule has 6 heteroatoms. The summed E-state index contributed by atoms with van der Waals surface area (Å²) in [6.45, 7) is 0.805. The second-order valence-corrected chi connectivity index (χ2v) is 4.11. The minimum atomic E-state index is -1.08. The van der Waals surface area contributed by atoms with Crippen molar-refractivity contribution in [1.29, 1.82) is 0 Å². The van der Waals surface area contributed by atoms with Crippen LogP contribution in [0.2, 0.25) is 0 Å². The highest BCUT2D eigenvalue weighted by Gasteiger charge is 2.43. The molecule has 1 fully saturated rings. The van der Waals surface area contributed by atoms with Gasteiger partial charge >= 0.3 is 11.9 Å². The van der Waals surface area contributed by atoms with Crippen LogP contribution >= 0.6 is 0 Å². The Hall–Kier alpha value is -1.58. The van der Waals surface area contributed by atoms with E-state index in [0.29, 0.717) is 26.1 Å². The summed E-state index contributed by atoms with van der Waals surface area (Å²) in [6, 6.07) is 0. The molecule has 1 rings (SSSR count). The molecule has 0 aromatic carbocycles. The molecule has 1 saturated heterocycles. The van der Waals surface area contributed by atoms with Gasteiger partial charge in [-0.3, -0.25) is 9.59 Å². The van der Waals surface area contributed by atoms with Crippen molar-refractivity contribution < 1.29 is 28.5 Å². The van der Waals surface area contributed by atoms with Crippen LogP contribution in [0.5, 0.6) is 0 Å². The summed E-state index contributed by atoms with van der Waals surface area (Å²) >= 11 is 0. The Bertz CT molecular complexity index is 348. The van der Waals surface area contributed by atoms with Crippen molar-refractivity contribution in [2.45, 2.75) is 25.0 Å². The minimum absolute atomic E-state index is 0.0357. The number of carbonyl (C=O) groups is 2. The van der Waals surface area contributed by atoms with Crippen molar-refractivity contribution in [3.63, 3.8) is 0 Å². The fraction of sp³-hybridized carbons (Fsp3) is 0.692. The predicted molar refractivity (Wildman–Crippen MR) is 64.8 cm³/mol. The maximum atomic E-state index is 11.6. The summed E-state index contributed by atoms with van der Waals surface area (Å²) in [4.78, 5) is 23.3. The van der Waals surface area contributed by atoms with Crippen LogP contribution < -0.4 is 0 Å². The van der Waals surface area contributed by atoms with Gasteiger partial charge in [-0.25, -0.2) is 0 Å². The molecule has 0 unspecified atom stereocenters. The summed E-state index contributed by atoms with van der Waals surface area (Å²) in [5.74, 6) is -0.956.